The van der Waals surface area contributed by atoms with Gasteiger partial charge in [0.05, 0.1) is 19.2 Å². The Hall–Kier alpha value is -1.63. The summed E-state index contributed by atoms with van der Waals surface area (Å²) in [7, 11) is 0. The van der Waals surface area contributed by atoms with Gasteiger partial charge in [0.2, 0.25) is 0 Å². The first kappa shape index (κ1) is 14.4. The van der Waals surface area contributed by atoms with Gasteiger partial charge in [0, 0.05) is 12.1 Å². The summed E-state index contributed by atoms with van der Waals surface area (Å²) < 4.78 is 43.5. The van der Waals surface area contributed by atoms with E-state index in [-0.39, 0.29) is 24.3 Å². The molecule has 0 amide bonds. The van der Waals surface area contributed by atoms with Crippen LogP contribution in [0.15, 0.2) is 6.20 Å². The summed E-state index contributed by atoms with van der Waals surface area (Å²) in [6.07, 6.45) is -2.64. The maximum absolute atomic E-state index is 13.5. The third kappa shape index (κ3) is 3.19. The number of hydrogen-bond acceptors (Lipinski definition) is 4. The van der Waals surface area contributed by atoms with Gasteiger partial charge < -0.3 is 10.5 Å². The molecular formula is C11H13F3N2O2. The van der Waals surface area contributed by atoms with Crippen LogP contribution in [0, 0.1) is 5.82 Å². The van der Waals surface area contributed by atoms with E-state index < -0.39 is 30.3 Å². The van der Waals surface area contributed by atoms with E-state index in [4.69, 9.17) is 5.73 Å². The normalized spacial score (nSPS) is 10.8. The Morgan fingerprint density at radius 3 is 2.67 bits per heavy atom. The Kier molecular flexibility index (Phi) is 5.08. The zero-order valence-electron chi connectivity index (χ0n) is 9.75. The first-order valence-corrected chi connectivity index (χ1v) is 5.31. The van der Waals surface area contributed by atoms with Crippen molar-refractivity contribution in [2.45, 2.75) is 26.3 Å². The minimum atomic E-state index is -2.87. The zero-order valence-corrected chi connectivity index (χ0v) is 9.75. The molecule has 0 fully saturated rings. The molecule has 1 rings (SSSR count). The molecule has 1 heterocycles. The fraction of sp³-hybridized carbons (Fsp3) is 0.455. The highest BCUT2D eigenvalue weighted by molar-refractivity contribution is 5.73. The van der Waals surface area contributed by atoms with Gasteiger partial charge in [0.25, 0.3) is 6.43 Å². The quantitative estimate of drug-likeness (QED) is 0.820. The molecular weight excluding hydrogens is 249 g/mol. The topological polar surface area (TPSA) is 65.2 Å². The van der Waals surface area contributed by atoms with E-state index in [9.17, 15) is 18.0 Å². The van der Waals surface area contributed by atoms with Crippen LogP contribution >= 0.6 is 0 Å². The molecule has 0 aromatic carbocycles. The number of nitrogens with zero attached hydrogens (tertiary/aromatic N) is 1. The molecule has 1 aromatic heterocycles. The van der Waals surface area contributed by atoms with Crippen molar-refractivity contribution in [3.05, 3.63) is 28.8 Å². The molecule has 0 aliphatic rings. The summed E-state index contributed by atoms with van der Waals surface area (Å²) in [6.45, 7) is 1.40. The van der Waals surface area contributed by atoms with Crippen LogP contribution in [-0.4, -0.2) is 17.6 Å². The van der Waals surface area contributed by atoms with E-state index in [2.05, 4.69) is 9.72 Å². The van der Waals surface area contributed by atoms with Crippen molar-refractivity contribution >= 4 is 5.97 Å². The second-order valence-electron chi connectivity index (χ2n) is 3.44. The average Bonchev–Trinajstić information content (AvgIpc) is 2.31. The molecule has 0 unspecified atom stereocenters. The summed E-state index contributed by atoms with van der Waals surface area (Å²) in [5, 5.41) is 0. The molecule has 0 spiro atoms. The van der Waals surface area contributed by atoms with Crippen molar-refractivity contribution in [3.8, 4) is 0 Å². The predicted molar refractivity (Wildman–Crippen MR) is 57.4 cm³/mol. The van der Waals surface area contributed by atoms with Gasteiger partial charge in [0.1, 0.15) is 11.5 Å². The van der Waals surface area contributed by atoms with Crippen LogP contribution in [0.25, 0.3) is 0 Å². The fourth-order valence-corrected chi connectivity index (χ4v) is 1.54. The largest absolute Gasteiger partial charge is 0.466 e. The molecule has 0 bridgehead atoms. The maximum atomic E-state index is 13.5. The highest BCUT2D eigenvalue weighted by atomic mass is 19.3. The van der Waals surface area contributed by atoms with Gasteiger partial charge in [-0.2, -0.15) is 0 Å². The second kappa shape index (κ2) is 6.34. The van der Waals surface area contributed by atoms with Gasteiger partial charge in [0.15, 0.2) is 0 Å². The average molecular weight is 262 g/mol. The van der Waals surface area contributed by atoms with Crippen molar-refractivity contribution in [2.24, 2.45) is 5.73 Å². The smallest absolute Gasteiger partial charge is 0.310 e. The number of esters is 1. The number of rotatable bonds is 5. The number of carbonyl (C=O) groups is 1. The molecule has 1 aromatic rings. The van der Waals surface area contributed by atoms with Gasteiger partial charge in [-0.05, 0) is 12.5 Å². The van der Waals surface area contributed by atoms with Gasteiger partial charge in [-0.25, -0.2) is 13.2 Å². The van der Waals surface area contributed by atoms with E-state index in [1.807, 2.05) is 0 Å². The van der Waals surface area contributed by atoms with Crippen molar-refractivity contribution in [1.29, 1.82) is 0 Å². The van der Waals surface area contributed by atoms with Crippen molar-refractivity contribution < 1.29 is 22.7 Å². The first-order chi connectivity index (χ1) is 8.51. The summed E-state index contributed by atoms with van der Waals surface area (Å²) in [6, 6.07) is 0. The molecule has 0 aliphatic carbocycles. The van der Waals surface area contributed by atoms with Crippen LogP contribution in [0.5, 0.6) is 0 Å². The van der Waals surface area contributed by atoms with Gasteiger partial charge in [-0.3, -0.25) is 9.78 Å². The Bertz CT molecular complexity index is 439. The summed E-state index contributed by atoms with van der Waals surface area (Å²) in [5.41, 5.74) is 4.40. The van der Waals surface area contributed by atoms with Crippen molar-refractivity contribution in [3.63, 3.8) is 0 Å². The monoisotopic (exact) mass is 262 g/mol. The van der Waals surface area contributed by atoms with Gasteiger partial charge in [-0.1, -0.05) is 0 Å². The lowest BCUT2D eigenvalue weighted by atomic mass is 10.0. The number of ether oxygens (including phenoxy) is 1. The van der Waals surface area contributed by atoms with Crippen LogP contribution in [0.1, 0.15) is 30.2 Å². The Morgan fingerprint density at radius 1 is 1.50 bits per heavy atom. The van der Waals surface area contributed by atoms with E-state index in [1.54, 1.807) is 6.92 Å². The number of halogens is 3. The number of nitrogens with two attached hydrogens (primary N) is 1. The molecule has 0 saturated heterocycles. The zero-order chi connectivity index (χ0) is 13.7. The summed E-state index contributed by atoms with van der Waals surface area (Å²) in [4.78, 5) is 14.6. The molecule has 18 heavy (non-hydrogen) atoms. The summed E-state index contributed by atoms with van der Waals surface area (Å²) in [5.74, 6) is -1.54. The van der Waals surface area contributed by atoms with E-state index in [1.165, 1.54) is 0 Å². The molecule has 4 nitrogen and oxygen atoms in total. The highest BCUT2D eigenvalue weighted by Gasteiger charge is 2.22. The number of aromatic nitrogens is 1. The Balaban J connectivity index is 3.15. The molecule has 0 radical (unpaired) electrons. The predicted octanol–water partition coefficient (Wildman–Crippen LogP) is 1.72. The number of alkyl halides is 2. The lowest BCUT2D eigenvalue weighted by Gasteiger charge is -2.12. The molecule has 0 aliphatic heterocycles. The van der Waals surface area contributed by atoms with Gasteiger partial charge >= 0.3 is 5.97 Å². The molecule has 0 atom stereocenters. The fourth-order valence-electron chi connectivity index (χ4n) is 1.54. The highest BCUT2D eigenvalue weighted by Crippen LogP contribution is 2.25. The minimum absolute atomic E-state index is 0.130. The molecule has 7 heteroatoms. The SMILES string of the molecule is CCOC(=O)Cc1c(F)cnc(C(F)F)c1CN. The second-order valence-corrected chi connectivity index (χ2v) is 3.44. The Labute approximate surface area is 102 Å². The number of pyridine rings is 1. The lowest BCUT2D eigenvalue weighted by Crippen LogP contribution is -2.15. The molecule has 2 N–H and O–H groups in total. The van der Waals surface area contributed by atoms with Gasteiger partial charge in [-0.15, -0.1) is 0 Å². The van der Waals surface area contributed by atoms with Crippen LogP contribution in [0.3, 0.4) is 0 Å². The van der Waals surface area contributed by atoms with Crippen LogP contribution in [0.4, 0.5) is 13.2 Å². The third-order valence-electron chi connectivity index (χ3n) is 2.32. The van der Waals surface area contributed by atoms with Crippen molar-refractivity contribution in [1.82, 2.24) is 4.98 Å². The molecule has 100 valence electrons. The summed E-state index contributed by atoms with van der Waals surface area (Å²) >= 11 is 0. The minimum Gasteiger partial charge on any atom is -0.466 e. The van der Waals surface area contributed by atoms with Crippen LogP contribution in [-0.2, 0) is 22.5 Å². The Morgan fingerprint density at radius 2 is 2.17 bits per heavy atom. The maximum Gasteiger partial charge on any atom is 0.310 e. The number of hydrogen-bond donors (Lipinski definition) is 1. The third-order valence-corrected chi connectivity index (χ3v) is 2.32. The van der Waals surface area contributed by atoms with E-state index in [0.717, 1.165) is 0 Å². The van der Waals surface area contributed by atoms with Crippen LogP contribution < -0.4 is 5.73 Å². The van der Waals surface area contributed by atoms with E-state index >= 15 is 0 Å². The lowest BCUT2D eigenvalue weighted by molar-refractivity contribution is -0.142. The standard InChI is InChI=1S/C11H13F3N2O2/c1-2-18-9(17)3-6-7(4-15)10(11(13)14)16-5-8(6)12/h5,11H,2-4,15H2,1H3. The van der Waals surface area contributed by atoms with E-state index in [0.29, 0.717) is 6.20 Å². The molecule has 0 saturated carbocycles. The van der Waals surface area contributed by atoms with Crippen LogP contribution in [0.2, 0.25) is 0 Å². The first-order valence-electron chi connectivity index (χ1n) is 5.31. The number of carbonyl (C=O) groups excluding carboxylic acids is 1. The van der Waals surface area contributed by atoms with Crippen molar-refractivity contribution in [2.75, 3.05) is 6.61 Å².